The third-order valence-corrected chi connectivity index (χ3v) is 7.26. The summed E-state index contributed by atoms with van der Waals surface area (Å²) in [6, 6.07) is 15.3. The van der Waals surface area contributed by atoms with Crippen molar-refractivity contribution in [1.29, 1.82) is 0 Å². The summed E-state index contributed by atoms with van der Waals surface area (Å²) in [5.41, 5.74) is 3.70. The number of benzene rings is 2. The Kier molecular flexibility index (Phi) is 8.18. The van der Waals surface area contributed by atoms with Crippen LogP contribution in [-0.4, -0.2) is 6.17 Å². The Bertz CT molecular complexity index is 1010. The maximum Gasteiger partial charge on any atom is 0.217 e. The Morgan fingerprint density at radius 2 is 1.00 bits per heavy atom. The lowest BCUT2D eigenvalue weighted by Crippen LogP contribution is -2.13. The normalized spacial score (nSPS) is 25.3. The second kappa shape index (κ2) is 11.5. The first-order chi connectivity index (χ1) is 16.5. The fourth-order valence-corrected chi connectivity index (χ4v) is 5.02. The number of hydrogen-bond donors (Lipinski definition) is 0. The average Bonchev–Trinajstić information content (AvgIpc) is 2.87. The van der Waals surface area contributed by atoms with Gasteiger partial charge >= 0.3 is 0 Å². The predicted molar refractivity (Wildman–Crippen MR) is 132 cm³/mol. The molecule has 2 saturated carbocycles. The van der Waals surface area contributed by atoms with Gasteiger partial charge in [-0.3, -0.25) is 0 Å². The maximum atomic E-state index is 14.1. The zero-order valence-corrected chi connectivity index (χ0v) is 19.7. The van der Waals surface area contributed by atoms with Crippen LogP contribution in [0.4, 0.5) is 13.2 Å². The van der Waals surface area contributed by atoms with Crippen molar-refractivity contribution in [2.45, 2.75) is 76.3 Å². The molecule has 0 aliphatic heterocycles. The van der Waals surface area contributed by atoms with E-state index in [-0.39, 0.29) is 0 Å². The molecule has 3 heteroatoms. The summed E-state index contributed by atoms with van der Waals surface area (Å²) in [5.74, 6) is 9.26. The van der Waals surface area contributed by atoms with Gasteiger partial charge in [-0.05, 0) is 104 Å². The molecule has 0 aromatic heterocycles. The van der Waals surface area contributed by atoms with E-state index in [0.29, 0.717) is 35.8 Å². The summed E-state index contributed by atoms with van der Waals surface area (Å²) in [5, 5.41) is 0. The highest BCUT2D eigenvalue weighted by Crippen LogP contribution is 2.36. The molecule has 2 aliphatic rings. The number of hydrogen-bond acceptors (Lipinski definition) is 0. The molecule has 4 rings (SSSR count). The van der Waals surface area contributed by atoms with Crippen LogP contribution in [-0.2, 0) is 0 Å². The fourth-order valence-electron chi connectivity index (χ4n) is 5.02. The van der Waals surface area contributed by atoms with E-state index in [0.717, 1.165) is 24.3 Å². The van der Waals surface area contributed by atoms with Crippen molar-refractivity contribution in [2.75, 3.05) is 0 Å². The quantitative estimate of drug-likeness (QED) is 0.394. The molecule has 0 N–H and O–H groups in total. The van der Waals surface area contributed by atoms with Crippen LogP contribution in [0.5, 0.6) is 0 Å². The summed E-state index contributed by atoms with van der Waals surface area (Å²) in [6.45, 7) is 2.30. The van der Waals surface area contributed by atoms with E-state index >= 15 is 0 Å². The summed E-state index contributed by atoms with van der Waals surface area (Å²) in [7, 11) is 0. The molecule has 2 aliphatic carbocycles. The predicted octanol–water partition coefficient (Wildman–Crippen LogP) is 8.53. The van der Waals surface area contributed by atoms with Gasteiger partial charge < -0.3 is 0 Å². The highest BCUT2D eigenvalue weighted by atomic mass is 19.2. The molecule has 0 unspecified atom stereocenters. The minimum absolute atomic E-state index is 0.360. The Hall–Kier alpha value is -2.91. The SMILES string of the molecule is CC1CCC(c2ccc(C#C/C(F)=C(\F)C#Cc3ccc(C4CCC(F)CC4)cc3)cc2)CC1. The minimum Gasteiger partial charge on any atom is -0.247 e. The standard InChI is InChI=1S/C31H31F3/c1-22-2-10-25(11-3-22)26-12-4-23(5-13-26)8-20-30(33)31(34)21-9-24-6-14-27(15-7-24)28-16-18-29(32)19-17-28/h4-7,12-15,22,25,28-29H,2-3,10-11,16-19H2,1H3/b31-30+. The van der Waals surface area contributed by atoms with E-state index in [2.05, 4.69) is 42.7 Å². The van der Waals surface area contributed by atoms with Crippen molar-refractivity contribution in [2.24, 2.45) is 5.92 Å². The topological polar surface area (TPSA) is 0 Å². The third kappa shape index (κ3) is 6.57. The zero-order chi connectivity index (χ0) is 23.9. The lowest BCUT2D eigenvalue weighted by Gasteiger charge is -2.26. The van der Waals surface area contributed by atoms with Crippen LogP contribution in [0.25, 0.3) is 0 Å². The molecule has 0 amide bonds. The Morgan fingerprint density at radius 3 is 1.41 bits per heavy atom. The van der Waals surface area contributed by atoms with E-state index < -0.39 is 17.8 Å². The highest BCUT2D eigenvalue weighted by Gasteiger charge is 2.21. The van der Waals surface area contributed by atoms with Gasteiger partial charge in [-0.15, -0.1) is 0 Å². The van der Waals surface area contributed by atoms with Crippen molar-refractivity contribution < 1.29 is 13.2 Å². The van der Waals surface area contributed by atoms with Crippen LogP contribution >= 0.6 is 0 Å². The second-order valence-corrected chi connectivity index (χ2v) is 9.78. The molecule has 2 fully saturated rings. The Labute approximate surface area is 201 Å². The highest BCUT2D eigenvalue weighted by molar-refractivity contribution is 5.46. The molecule has 0 saturated heterocycles. The van der Waals surface area contributed by atoms with Crippen molar-refractivity contribution in [3.63, 3.8) is 0 Å². The van der Waals surface area contributed by atoms with Crippen LogP contribution in [0.1, 0.15) is 92.4 Å². The molecule has 2 aromatic carbocycles. The van der Waals surface area contributed by atoms with E-state index in [1.54, 1.807) is 12.1 Å². The van der Waals surface area contributed by atoms with Crippen molar-refractivity contribution in [1.82, 2.24) is 0 Å². The number of allylic oxidation sites excluding steroid dienone is 2. The van der Waals surface area contributed by atoms with Crippen molar-refractivity contribution in [3.05, 3.63) is 82.4 Å². The van der Waals surface area contributed by atoms with E-state index in [1.807, 2.05) is 24.3 Å². The van der Waals surface area contributed by atoms with E-state index in [1.165, 1.54) is 31.2 Å². The van der Waals surface area contributed by atoms with Gasteiger partial charge in [0.05, 0.1) is 0 Å². The van der Waals surface area contributed by atoms with Gasteiger partial charge in [0.2, 0.25) is 11.7 Å². The second-order valence-electron chi connectivity index (χ2n) is 9.78. The van der Waals surface area contributed by atoms with Gasteiger partial charge in [0.25, 0.3) is 0 Å². The first-order valence-electron chi connectivity index (χ1n) is 12.4. The van der Waals surface area contributed by atoms with Crippen molar-refractivity contribution >= 4 is 0 Å². The van der Waals surface area contributed by atoms with Crippen LogP contribution < -0.4 is 0 Å². The molecule has 176 valence electrons. The van der Waals surface area contributed by atoms with Crippen LogP contribution in [0.3, 0.4) is 0 Å². The fraction of sp³-hybridized carbons (Fsp3) is 0.419. The molecule has 0 nitrogen and oxygen atoms in total. The van der Waals surface area contributed by atoms with Crippen LogP contribution in [0, 0.1) is 29.6 Å². The maximum absolute atomic E-state index is 14.1. The number of alkyl halides is 1. The number of halogens is 3. The lowest BCUT2D eigenvalue weighted by atomic mass is 9.79. The summed E-state index contributed by atoms with van der Waals surface area (Å²) < 4.78 is 41.6. The minimum atomic E-state index is -1.16. The molecule has 0 bridgehead atoms. The molecular formula is C31H31F3. The first kappa shape index (κ1) is 24.2. The monoisotopic (exact) mass is 460 g/mol. The van der Waals surface area contributed by atoms with Gasteiger partial charge in [0, 0.05) is 11.1 Å². The van der Waals surface area contributed by atoms with Crippen LogP contribution in [0.2, 0.25) is 0 Å². The molecule has 0 spiro atoms. The van der Waals surface area contributed by atoms with Gasteiger partial charge in [-0.2, -0.15) is 8.78 Å². The summed E-state index contributed by atoms with van der Waals surface area (Å²) in [4.78, 5) is 0. The zero-order valence-electron chi connectivity index (χ0n) is 19.7. The smallest absolute Gasteiger partial charge is 0.217 e. The Morgan fingerprint density at radius 1 is 0.618 bits per heavy atom. The van der Waals surface area contributed by atoms with Crippen LogP contribution in [0.15, 0.2) is 60.2 Å². The first-order valence-corrected chi connectivity index (χ1v) is 12.4. The summed E-state index contributed by atoms with van der Waals surface area (Å²) >= 11 is 0. The third-order valence-electron chi connectivity index (χ3n) is 7.26. The van der Waals surface area contributed by atoms with Gasteiger partial charge in [0.15, 0.2) is 0 Å². The summed E-state index contributed by atoms with van der Waals surface area (Å²) in [6.07, 6.45) is 7.14. The van der Waals surface area contributed by atoms with E-state index in [9.17, 15) is 13.2 Å². The molecule has 0 radical (unpaired) electrons. The number of rotatable bonds is 2. The van der Waals surface area contributed by atoms with Gasteiger partial charge in [-0.1, -0.05) is 55.9 Å². The average molecular weight is 461 g/mol. The lowest BCUT2D eigenvalue weighted by molar-refractivity contribution is 0.235. The van der Waals surface area contributed by atoms with Gasteiger partial charge in [0.1, 0.15) is 6.17 Å². The molecule has 34 heavy (non-hydrogen) atoms. The Balaban J connectivity index is 1.36. The van der Waals surface area contributed by atoms with E-state index in [4.69, 9.17) is 0 Å². The molecular weight excluding hydrogens is 429 g/mol. The van der Waals surface area contributed by atoms with Gasteiger partial charge in [-0.25, -0.2) is 4.39 Å². The van der Waals surface area contributed by atoms with Crippen molar-refractivity contribution in [3.8, 4) is 23.7 Å². The molecule has 0 heterocycles. The molecule has 0 atom stereocenters. The molecule has 2 aromatic rings. The largest absolute Gasteiger partial charge is 0.247 e.